The minimum atomic E-state index is -0.560. The van der Waals surface area contributed by atoms with Crippen LogP contribution in [0.15, 0.2) is 12.4 Å². The van der Waals surface area contributed by atoms with Crippen LogP contribution < -0.4 is 11.1 Å². The number of nitrogens with two attached hydrogens (primary N) is 1. The third kappa shape index (κ3) is 3.98. The first-order valence-corrected chi connectivity index (χ1v) is 6.27. The molecule has 0 aliphatic carbocycles. The van der Waals surface area contributed by atoms with E-state index in [1.54, 1.807) is 6.20 Å². The molecule has 3 N–H and O–H groups in total. The van der Waals surface area contributed by atoms with Gasteiger partial charge in [0.15, 0.2) is 0 Å². The van der Waals surface area contributed by atoms with Gasteiger partial charge in [0, 0.05) is 6.54 Å². The zero-order valence-electron chi connectivity index (χ0n) is 11.5. The lowest BCUT2D eigenvalue weighted by molar-refractivity contribution is 0.0995. The molecule has 5 heteroatoms. The Kier molecular flexibility index (Phi) is 5.07. The Bertz CT molecular complexity index is 396. The summed E-state index contributed by atoms with van der Waals surface area (Å²) in [7, 11) is 0. The standard InChI is InChI=1S/C13H22N4O/c1-8(2)10(9(3)4)5-16-12-7-15-6-11(17-12)13(14)18/h6-10H,5H2,1-4H3,(H2,14,18)(H,16,17). The molecule has 0 bridgehead atoms. The van der Waals surface area contributed by atoms with E-state index in [1.165, 1.54) is 6.20 Å². The third-order valence-electron chi connectivity index (χ3n) is 3.12. The number of carbonyl (C=O) groups is 1. The molecule has 0 unspecified atom stereocenters. The zero-order valence-corrected chi connectivity index (χ0v) is 11.5. The molecular formula is C13H22N4O. The molecule has 1 heterocycles. The summed E-state index contributed by atoms with van der Waals surface area (Å²) in [5, 5.41) is 3.22. The predicted octanol–water partition coefficient (Wildman–Crippen LogP) is 1.92. The number of hydrogen-bond acceptors (Lipinski definition) is 4. The number of aromatic nitrogens is 2. The van der Waals surface area contributed by atoms with Gasteiger partial charge in [-0.25, -0.2) is 4.98 Å². The summed E-state index contributed by atoms with van der Waals surface area (Å²) < 4.78 is 0. The first kappa shape index (κ1) is 14.4. The van der Waals surface area contributed by atoms with Gasteiger partial charge >= 0.3 is 0 Å². The number of nitrogens with one attached hydrogen (secondary N) is 1. The Morgan fingerprint density at radius 2 is 1.89 bits per heavy atom. The van der Waals surface area contributed by atoms with Crippen LogP contribution >= 0.6 is 0 Å². The number of hydrogen-bond donors (Lipinski definition) is 2. The fourth-order valence-electron chi connectivity index (χ4n) is 2.03. The minimum Gasteiger partial charge on any atom is -0.368 e. The SMILES string of the molecule is CC(C)C(CNc1cncc(C(N)=O)n1)C(C)C. The van der Waals surface area contributed by atoms with E-state index in [0.717, 1.165) is 6.54 Å². The molecule has 0 aliphatic heterocycles. The normalized spacial score (nSPS) is 11.3. The predicted molar refractivity (Wildman–Crippen MR) is 72.2 cm³/mol. The monoisotopic (exact) mass is 250 g/mol. The molecule has 100 valence electrons. The van der Waals surface area contributed by atoms with Crippen molar-refractivity contribution in [3.05, 3.63) is 18.1 Å². The second-order valence-electron chi connectivity index (χ2n) is 5.19. The van der Waals surface area contributed by atoms with Crippen molar-refractivity contribution in [1.29, 1.82) is 0 Å². The second kappa shape index (κ2) is 6.33. The smallest absolute Gasteiger partial charge is 0.268 e. The van der Waals surface area contributed by atoms with E-state index in [4.69, 9.17) is 5.73 Å². The lowest BCUT2D eigenvalue weighted by Crippen LogP contribution is -2.25. The molecule has 0 radical (unpaired) electrons. The van der Waals surface area contributed by atoms with Gasteiger partial charge in [-0.15, -0.1) is 0 Å². The van der Waals surface area contributed by atoms with E-state index in [1.807, 2.05) is 0 Å². The first-order chi connectivity index (χ1) is 8.41. The van der Waals surface area contributed by atoms with Gasteiger partial charge in [0.05, 0.1) is 12.4 Å². The largest absolute Gasteiger partial charge is 0.368 e. The van der Waals surface area contributed by atoms with E-state index in [0.29, 0.717) is 23.6 Å². The molecule has 1 rings (SSSR count). The highest BCUT2D eigenvalue weighted by Gasteiger charge is 2.17. The van der Waals surface area contributed by atoms with Crippen LogP contribution in [0.4, 0.5) is 5.82 Å². The third-order valence-corrected chi connectivity index (χ3v) is 3.12. The number of rotatable bonds is 6. The van der Waals surface area contributed by atoms with Crippen LogP contribution in [0, 0.1) is 17.8 Å². The molecule has 1 aromatic rings. The van der Waals surface area contributed by atoms with Crippen molar-refractivity contribution in [2.24, 2.45) is 23.5 Å². The van der Waals surface area contributed by atoms with Crippen LogP contribution in [0.2, 0.25) is 0 Å². The molecule has 18 heavy (non-hydrogen) atoms. The molecule has 1 aromatic heterocycles. The summed E-state index contributed by atoms with van der Waals surface area (Å²) in [5.41, 5.74) is 5.35. The van der Waals surface area contributed by atoms with Crippen LogP contribution in [0.1, 0.15) is 38.2 Å². The van der Waals surface area contributed by atoms with Crippen molar-refractivity contribution in [3.8, 4) is 0 Å². The Balaban J connectivity index is 2.67. The van der Waals surface area contributed by atoms with Crippen LogP contribution in [0.3, 0.4) is 0 Å². The Hall–Kier alpha value is -1.65. The summed E-state index contributed by atoms with van der Waals surface area (Å²) >= 11 is 0. The van der Waals surface area contributed by atoms with Crippen molar-refractivity contribution >= 4 is 11.7 Å². The first-order valence-electron chi connectivity index (χ1n) is 6.27. The summed E-state index contributed by atoms with van der Waals surface area (Å²) in [4.78, 5) is 19.1. The van der Waals surface area contributed by atoms with Crippen LogP contribution in [0.25, 0.3) is 0 Å². The highest BCUT2D eigenvalue weighted by atomic mass is 16.1. The molecule has 1 amide bonds. The molecule has 0 fully saturated rings. The van der Waals surface area contributed by atoms with Gasteiger partial charge in [-0.05, 0) is 17.8 Å². The second-order valence-corrected chi connectivity index (χ2v) is 5.19. The fraction of sp³-hybridized carbons (Fsp3) is 0.615. The average molecular weight is 250 g/mol. The summed E-state index contributed by atoms with van der Waals surface area (Å²) in [6.07, 6.45) is 2.97. The van der Waals surface area contributed by atoms with Crippen LogP contribution in [0.5, 0.6) is 0 Å². The van der Waals surface area contributed by atoms with Crippen molar-refractivity contribution in [1.82, 2.24) is 9.97 Å². The quantitative estimate of drug-likeness (QED) is 0.808. The molecule has 0 aliphatic rings. The highest BCUT2D eigenvalue weighted by Crippen LogP contribution is 2.20. The number of primary amides is 1. The number of amides is 1. The number of anilines is 1. The zero-order chi connectivity index (χ0) is 13.7. The molecule has 0 atom stereocenters. The van der Waals surface area contributed by atoms with Gasteiger partial charge in [0.2, 0.25) is 0 Å². The average Bonchev–Trinajstić information content (AvgIpc) is 2.28. The Labute approximate surface area is 108 Å². The topological polar surface area (TPSA) is 80.9 Å². The van der Waals surface area contributed by atoms with E-state index < -0.39 is 5.91 Å². The van der Waals surface area contributed by atoms with Crippen molar-refractivity contribution in [2.45, 2.75) is 27.7 Å². The summed E-state index contributed by atoms with van der Waals surface area (Å²) in [5.74, 6) is 1.76. The van der Waals surface area contributed by atoms with E-state index in [2.05, 4.69) is 43.0 Å². The van der Waals surface area contributed by atoms with Gasteiger partial charge in [-0.3, -0.25) is 9.78 Å². The molecular weight excluding hydrogens is 228 g/mol. The van der Waals surface area contributed by atoms with Gasteiger partial charge < -0.3 is 11.1 Å². The van der Waals surface area contributed by atoms with E-state index in [-0.39, 0.29) is 5.69 Å². The van der Waals surface area contributed by atoms with Gasteiger partial charge in [0.1, 0.15) is 11.5 Å². The maximum Gasteiger partial charge on any atom is 0.268 e. The number of carbonyl (C=O) groups excluding carboxylic acids is 1. The van der Waals surface area contributed by atoms with Crippen molar-refractivity contribution in [3.63, 3.8) is 0 Å². The van der Waals surface area contributed by atoms with Gasteiger partial charge in [0.25, 0.3) is 5.91 Å². The Morgan fingerprint density at radius 1 is 1.28 bits per heavy atom. The molecule has 0 aromatic carbocycles. The van der Waals surface area contributed by atoms with Crippen molar-refractivity contribution < 1.29 is 4.79 Å². The number of nitrogens with zero attached hydrogens (tertiary/aromatic N) is 2. The fourth-order valence-corrected chi connectivity index (χ4v) is 2.03. The minimum absolute atomic E-state index is 0.186. The maximum atomic E-state index is 11.0. The van der Waals surface area contributed by atoms with Crippen LogP contribution in [-0.2, 0) is 0 Å². The molecule has 0 saturated carbocycles. The highest BCUT2D eigenvalue weighted by molar-refractivity contribution is 5.90. The maximum absolute atomic E-state index is 11.0. The summed E-state index contributed by atoms with van der Waals surface area (Å²) in [6.45, 7) is 9.64. The lowest BCUT2D eigenvalue weighted by Gasteiger charge is -2.25. The van der Waals surface area contributed by atoms with E-state index >= 15 is 0 Å². The summed E-state index contributed by atoms with van der Waals surface area (Å²) in [6, 6.07) is 0. The van der Waals surface area contributed by atoms with Gasteiger partial charge in [-0.1, -0.05) is 27.7 Å². The van der Waals surface area contributed by atoms with Crippen molar-refractivity contribution in [2.75, 3.05) is 11.9 Å². The van der Waals surface area contributed by atoms with Gasteiger partial charge in [-0.2, -0.15) is 0 Å². The Morgan fingerprint density at radius 3 is 2.39 bits per heavy atom. The van der Waals surface area contributed by atoms with Crippen LogP contribution in [-0.4, -0.2) is 22.4 Å². The molecule has 0 spiro atoms. The van der Waals surface area contributed by atoms with E-state index in [9.17, 15) is 4.79 Å². The lowest BCUT2D eigenvalue weighted by atomic mass is 9.85. The molecule has 5 nitrogen and oxygen atoms in total. The molecule has 0 saturated heterocycles.